The smallest absolute Gasteiger partial charge is 0.266 e. The zero-order valence-electron chi connectivity index (χ0n) is 15.7. The summed E-state index contributed by atoms with van der Waals surface area (Å²) in [5.74, 6) is -0.971. The summed E-state index contributed by atoms with van der Waals surface area (Å²) in [5.41, 5.74) is 1.54. The highest BCUT2D eigenvalue weighted by Crippen LogP contribution is 2.28. The van der Waals surface area contributed by atoms with Gasteiger partial charge in [0.1, 0.15) is 0 Å². The minimum Gasteiger partial charge on any atom is -0.352 e. The molecule has 1 saturated heterocycles. The van der Waals surface area contributed by atoms with Gasteiger partial charge in [0, 0.05) is 12.1 Å². The molecule has 0 unspecified atom stereocenters. The average molecular weight is 377 g/mol. The van der Waals surface area contributed by atoms with E-state index in [-0.39, 0.29) is 17.4 Å². The molecule has 4 rings (SSSR count). The number of para-hydroxylation sites is 1. The largest absolute Gasteiger partial charge is 0.352 e. The molecule has 1 N–H and O–H groups in total. The number of hydrogen-bond acceptors (Lipinski definition) is 4. The molecule has 144 valence electrons. The fourth-order valence-electron chi connectivity index (χ4n) is 3.81. The van der Waals surface area contributed by atoms with Gasteiger partial charge in [0.25, 0.3) is 17.7 Å². The molecule has 0 aliphatic carbocycles. The van der Waals surface area contributed by atoms with Gasteiger partial charge in [-0.1, -0.05) is 18.2 Å². The predicted molar refractivity (Wildman–Crippen MR) is 107 cm³/mol. The number of carbonyl (C=O) groups excluding carboxylic acids is 3. The molecule has 2 aromatic rings. The molecule has 3 amide bonds. The number of nitrogens with one attached hydrogen (secondary N) is 1. The third-order valence-electron chi connectivity index (χ3n) is 5.30. The Hall–Kier alpha value is -2.99. The maximum Gasteiger partial charge on any atom is 0.266 e. The van der Waals surface area contributed by atoms with Crippen LogP contribution in [-0.4, -0.2) is 48.8 Å². The van der Waals surface area contributed by atoms with Crippen LogP contribution in [0.4, 0.5) is 5.69 Å². The molecule has 0 atom stereocenters. The van der Waals surface area contributed by atoms with Gasteiger partial charge in [0.15, 0.2) is 0 Å². The van der Waals surface area contributed by atoms with Crippen molar-refractivity contribution in [3.63, 3.8) is 0 Å². The molecule has 2 heterocycles. The third kappa shape index (κ3) is 3.55. The Morgan fingerprint density at radius 2 is 1.64 bits per heavy atom. The van der Waals surface area contributed by atoms with E-state index in [1.165, 1.54) is 18.9 Å². The molecule has 0 saturated carbocycles. The molecule has 0 radical (unpaired) electrons. The van der Waals surface area contributed by atoms with Crippen molar-refractivity contribution < 1.29 is 14.4 Å². The van der Waals surface area contributed by atoms with Crippen molar-refractivity contribution in [2.45, 2.75) is 19.3 Å². The van der Waals surface area contributed by atoms with E-state index in [2.05, 4.69) is 10.2 Å². The summed E-state index contributed by atoms with van der Waals surface area (Å²) < 4.78 is 0. The first-order chi connectivity index (χ1) is 13.6. The monoisotopic (exact) mass is 377 g/mol. The van der Waals surface area contributed by atoms with Gasteiger partial charge in [-0.25, -0.2) is 4.90 Å². The Morgan fingerprint density at radius 1 is 0.929 bits per heavy atom. The lowest BCUT2D eigenvalue weighted by Gasteiger charge is -2.14. The van der Waals surface area contributed by atoms with Crippen LogP contribution < -0.4 is 10.2 Å². The zero-order chi connectivity index (χ0) is 19.5. The van der Waals surface area contributed by atoms with Crippen molar-refractivity contribution in [1.29, 1.82) is 0 Å². The minimum absolute atomic E-state index is 0.220. The Balaban J connectivity index is 1.42. The first-order valence-electron chi connectivity index (χ1n) is 9.73. The van der Waals surface area contributed by atoms with E-state index in [9.17, 15) is 14.4 Å². The molecule has 0 aromatic heterocycles. The van der Waals surface area contributed by atoms with Gasteiger partial charge in [-0.05, 0) is 69.2 Å². The molecule has 0 bridgehead atoms. The van der Waals surface area contributed by atoms with Gasteiger partial charge in [-0.2, -0.15) is 0 Å². The van der Waals surface area contributed by atoms with Crippen LogP contribution in [0.2, 0.25) is 0 Å². The van der Waals surface area contributed by atoms with Crippen molar-refractivity contribution in [1.82, 2.24) is 10.2 Å². The van der Waals surface area contributed by atoms with Gasteiger partial charge in [0.05, 0.1) is 16.8 Å². The summed E-state index contributed by atoms with van der Waals surface area (Å²) in [6, 6.07) is 13.5. The topological polar surface area (TPSA) is 69.7 Å². The molecular weight excluding hydrogens is 354 g/mol. The Kier molecular flexibility index (Phi) is 5.21. The molecule has 0 spiro atoms. The lowest BCUT2D eigenvalue weighted by atomic mass is 10.1. The highest BCUT2D eigenvalue weighted by Gasteiger charge is 2.37. The van der Waals surface area contributed by atoms with E-state index in [1.807, 2.05) is 6.07 Å². The van der Waals surface area contributed by atoms with Gasteiger partial charge in [-0.3, -0.25) is 14.4 Å². The van der Waals surface area contributed by atoms with Crippen molar-refractivity contribution in [3.05, 3.63) is 65.2 Å². The molecule has 6 nitrogen and oxygen atoms in total. The van der Waals surface area contributed by atoms with Gasteiger partial charge in [-0.15, -0.1) is 0 Å². The van der Waals surface area contributed by atoms with E-state index in [4.69, 9.17) is 0 Å². The minimum atomic E-state index is -0.394. The van der Waals surface area contributed by atoms with Crippen LogP contribution in [0.5, 0.6) is 0 Å². The summed E-state index contributed by atoms with van der Waals surface area (Å²) in [6.45, 7) is 3.87. The summed E-state index contributed by atoms with van der Waals surface area (Å²) in [6.07, 6.45) is 3.42. The van der Waals surface area contributed by atoms with E-state index in [0.29, 0.717) is 23.4 Å². The van der Waals surface area contributed by atoms with Crippen molar-refractivity contribution >= 4 is 23.4 Å². The zero-order valence-corrected chi connectivity index (χ0v) is 15.7. The number of anilines is 1. The maximum atomic E-state index is 12.8. The number of carbonyl (C=O) groups is 3. The lowest BCUT2D eigenvalue weighted by molar-refractivity contribution is 0.0923. The second-order valence-electron chi connectivity index (χ2n) is 7.20. The fourth-order valence-corrected chi connectivity index (χ4v) is 3.81. The molecule has 1 fully saturated rings. The van der Waals surface area contributed by atoms with Crippen LogP contribution in [0.1, 0.15) is 50.3 Å². The summed E-state index contributed by atoms with van der Waals surface area (Å²) in [5, 5.41) is 2.91. The first kappa shape index (κ1) is 18.4. The number of benzene rings is 2. The van der Waals surface area contributed by atoms with E-state index in [0.717, 1.165) is 31.0 Å². The predicted octanol–water partition coefficient (Wildman–Crippen LogP) is 2.70. The molecule has 2 aliphatic rings. The van der Waals surface area contributed by atoms with Crippen LogP contribution in [0.15, 0.2) is 48.5 Å². The number of rotatable bonds is 6. The molecule has 28 heavy (non-hydrogen) atoms. The van der Waals surface area contributed by atoms with Crippen molar-refractivity contribution in [3.8, 4) is 0 Å². The Labute approximate surface area is 164 Å². The van der Waals surface area contributed by atoms with Crippen LogP contribution >= 0.6 is 0 Å². The summed E-state index contributed by atoms with van der Waals surface area (Å²) in [7, 11) is 0. The van der Waals surface area contributed by atoms with Crippen LogP contribution in [-0.2, 0) is 0 Å². The first-order valence-corrected chi connectivity index (χ1v) is 9.73. The van der Waals surface area contributed by atoms with Crippen LogP contribution in [0.25, 0.3) is 0 Å². The molecular formula is C22H23N3O3. The number of likely N-dealkylation sites (tertiary alicyclic amines) is 1. The highest BCUT2D eigenvalue weighted by atomic mass is 16.2. The summed E-state index contributed by atoms with van der Waals surface area (Å²) >= 11 is 0. The Bertz CT molecular complexity index is 904. The van der Waals surface area contributed by atoms with E-state index < -0.39 is 5.91 Å². The average Bonchev–Trinajstić information content (AvgIpc) is 3.32. The van der Waals surface area contributed by atoms with E-state index >= 15 is 0 Å². The van der Waals surface area contributed by atoms with Crippen molar-refractivity contribution in [2.24, 2.45) is 0 Å². The third-order valence-corrected chi connectivity index (χ3v) is 5.30. The molecule has 2 aromatic carbocycles. The van der Waals surface area contributed by atoms with Gasteiger partial charge in [0.2, 0.25) is 0 Å². The molecule has 6 heteroatoms. The summed E-state index contributed by atoms with van der Waals surface area (Å²) in [4.78, 5) is 41.4. The number of hydrogen-bond donors (Lipinski definition) is 1. The van der Waals surface area contributed by atoms with Crippen LogP contribution in [0.3, 0.4) is 0 Å². The number of nitrogens with zero attached hydrogens (tertiary/aromatic N) is 2. The number of amides is 3. The van der Waals surface area contributed by atoms with Crippen molar-refractivity contribution in [2.75, 3.05) is 31.1 Å². The second kappa shape index (κ2) is 7.94. The van der Waals surface area contributed by atoms with Gasteiger partial charge >= 0.3 is 0 Å². The lowest BCUT2D eigenvalue weighted by Crippen LogP contribution is -2.29. The SMILES string of the molecule is O=C(NCCCN1CCCC1)c1ccc2c(c1)C(=O)N(c1ccccc1)C2=O. The van der Waals surface area contributed by atoms with E-state index in [1.54, 1.807) is 36.4 Å². The van der Waals surface area contributed by atoms with Gasteiger partial charge < -0.3 is 10.2 Å². The normalized spacial score (nSPS) is 16.5. The Morgan fingerprint density at radius 3 is 2.39 bits per heavy atom. The standard InChI is InChI=1S/C22H23N3O3/c26-20(23-11-6-14-24-12-4-5-13-24)16-9-10-18-19(15-16)22(28)25(21(18)27)17-7-2-1-3-8-17/h1-3,7-10,15H,4-6,11-14H2,(H,23,26). The quantitative estimate of drug-likeness (QED) is 0.621. The highest BCUT2D eigenvalue weighted by molar-refractivity contribution is 6.34. The fraction of sp³-hybridized carbons (Fsp3) is 0.318. The van der Waals surface area contributed by atoms with Crippen LogP contribution in [0, 0.1) is 0 Å². The maximum absolute atomic E-state index is 12.8. The number of imide groups is 1. The second-order valence-corrected chi connectivity index (χ2v) is 7.20. The number of fused-ring (bicyclic) bond motifs is 1. The molecule has 2 aliphatic heterocycles.